The van der Waals surface area contributed by atoms with Gasteiger partial charge in [-0.25, -0.2) is 4.79 Å². The molecule has 0 amide bonds. The molecule has 136 valence electrons. The molecule has 2 nitrogen and oxygen atoms in total. The molecule has 0 spiro atoms. The average molecular weight is 325 g/mol. The van der Waals surface area contributed by atoms with Crippen LogP contribution in [0.3, 0.4) is 0 Å². The summed E-state index contributed by atoms with van der Waals surface area (Å²) in [6.45, 7) is 4.64. The van der Waals surface area contributed by atoms with Crippen molar-refractivity contribution in [2.45, 2.75) is 104 Å². The molecule has 0 unspecified atom stereocenters. The summed E-state index contributed by atoms with van der Waals surface area (Å²) in [5.74, 6) is 0.629. The number of allylic oxidation sites excluding steroid dienone is 1. The van der Waals surface area contributed by atoms with Gasteiger partial charge >= 0.3 is 5.97 Å². The van der Waals surface area contributed by atoms with E-state index in [1.54, 1.807) is 0 Å². The van der Waals surface area contributed by atoms with Gasteiger partial charge in [0.2, 0.25) is 0 Å². The lowest BCUT2D eigenvalue weighted by Gasteiger charge is -2.04. The summed E-state index contributed by atoms with van der Waals surface area (Å²) in [4.78, 5) is 10.9. The number of esters is 1. The standard InChI is InChI=1S/C21H40O2/c1-20(2)18-16-14-12-10-8-6-4-5-7-9-11-13-15-17-19-21(22)23-3/h17,19-20H,4-16,18H2,1-3H3. The van der Waals surface area contributed by atoms with Crippen molar-refractivity contribution < 1.29 is 9.53 Å². The number of carbonyl (C=O) groups is 1. The molecule has 0 saturated heterocycles. The molecule has 0 aromatic rings. The summed E-state index contributed by atoms with van der Waals surface area (Å²) in [5.41, 5.74) is 0. The van der Waals surface area contributed by atoms with Gasteiger partial charge in [-0.1, -0.05) is 97.0 Å². The molecule has 0 fully saturated rings. The molecule has 0 aromatic carbocycles. The van der Waals surface area contributed by atoms with E-state index in [-0.39, 0.29) is 5.97 Å². The number of hydrogen-bond acceptors (Lipinski definition) is 2. The maximum Gasteiger partial charge on any atom is 0.330 e. The Balaban J connectivity index is 3.08. The average Bonchev–Trinajstić information content (AvgIpc) is 2.53. The Morgan fingerprint density at radius 3 is 1.65 bits per heavy atom. The fourth-order valence-corrected chi connectivity index (χ4v) is 2.83. The molecule has 0 N–H and O–H groups in total. The number of unbranched alkanes of at least 4 members (excludes halogenated alkanes) is 12. The van der Waals surface area contributed by atoms with Gasteiger partial charge in [0.25, 0.3) is 0 Å². The summed E-state index contributed by atoms with van der Waals surface area (Å²) in [7, 11) is 1.42. The maximum absolute atomic E-state index is 10.9. The van der Waals surface area contributed by atoms with E-state index in [0.29, 0.717) is 0 Å². The number of methoxy groups -OCH3 is 1. The fraction of sp³-hybridized carbons (Fsp3) is 0.857. The van der Waals surface area contributed by atoms with Gasteiger partial charge in [0.05, 0.1) is 7.11 Å². The molecule has 0 bridgehead atoms. The van der Waals surface area contributed by atoms with E-state index in [1.807, 2.05) is 6.08 Å². The van der Waals surface area contributed by atoms with Crippen molar-refractivity contribution in [1.82, 2.24) is 0 Å². The number of rotatable bonds is 16. The highest BCUT2D eigenvalue weighted by Gasteiger charge is 1.96. The van der Waals surface area contributed by atoms with Gasteiger partial charge in [-0.05, 0) is 18.8 Å². The Kier molecular flexibility index (Phi) is 17.0. The highest BCUT2D eigenvalue weighted by atomic mass is 16.5. The van der Waals surface area contributed by atoms with Crippen LogP contribution in [0.1, 0.15) is 104 Å². The second-order valence-corrected chi connectivity index (χ2v) is 7.14. The van der Waals surface area contributed by atoms with Gasteiger partial charge in [-0.3, -0.25) is 0 Å². The van der Waals surface area contributed by atoms with Crippen LogP contribution in [0.5, 0.6) is 0 Å². The molecular weight excluding hydrogens is 284 g/mol. The van der Waals surface area contributed by atoms with E-state index in [0.717, 1.165) is 12.3 Å². The number of ether oxygens (including phenoxy) is 1. The van der Waals surface area contributed by atoms with Gasteiger partial charge in [0, 0.05) is 6.08 Å². The van der Waals surface area contributed by atoms with E-state index >= 15 is 0 Å². The minimum atomic E-state index is -0.245. The van der Waals surface area contributed by atoms with Crippen molar-refractivity contribution in [2.24, 2.45) is 5.92 Å². The first-order chi connectivity index (χ1) is 11.2. The van der Waals surface area contributed by atoms with Crippen LogP contribution in [0.15, 0.2) is 12.2 Å². The third kappa shape index (κ3) is 19.2. The van der Waals surface area contributed by atoms with Gasteiger partial charge in [0.1, 0.15) is 0 Å². The van der Waals surface area contributed by atoms with Gasteiger partial charge in [-0.2, -0.15) is 0 Å². The van der Waals surface area contributed by atoms with Gasteiger partial charge in [0.15, 0.2) is 0 Å². The highest BCUT2D eigenvalue weighted by Crippen LogP contribution is 2.14. The van der Waals surface area contributed by atoms with Crippen LogP contribution >= 0.6 is 0 Å². The summed E-state index contributed by atoms with van der Waals surface area (Å²) in [6.07, 6.45) is 22.4. The summed E-state index contributed by atoms with van der Waals surface area (Å²) < 4.78 is 4.55. The van der Waals surface area contributed by atoms with Crippen LogP contribution in [0.4, 0.5) is 0 Å². The van der Waals surface area contributed by atoms with Crippen molar-refractivity contribution in [2.75, 3.05) is 7.11 Å². The Bertz CT molecular complexity index is 282. The number of carbonyl (C=O) groups excluding carboxylic acids is 1. The van der Waals surface area contributed by atoms with E-state index in [2.05, 4.69) is 18.6 Å². The molecule has 0 radical (unpaired) electrons. The topological polar surface area (TPSA) is 26.3 Å². The molecule has 2 heteroatoms. The summed E-state index contributed by atoms with van der Waals surface area (Å²) in [5, 5.41) is 0. The largest absolute Gasteiger partial charge is 0.466 e. The summed E-state index contributed by atoms with van der Waals surface area (Å²) >= 11 is 0. The molecule has 0 aliphatic carbocycles. The second kappa shape index (κ2) is 17.6. The molecule has 0 heterocycles. The van der Waals surface area contributed by atoms with Crippen molar-refractivity contribution in [3.05, 3.63) is 12.2 Å². The first-order valence-corrected chi connectivity index (χ1v) is 9.91. The van der Waals surface area contributed by atoms with E-state index < -0.39 is 0 Å². The molecule has 23 heavy (non-hydrogen) atoms. The maximum atomic E-state index is 10.9. The molecule has 0 aliphatic rings. The second-order valence-electron chi connectivity index (χ2n) is 7.14. The number of hydrogen-bond donors (Lipinski definition) is 0. The van der Waals surface area contributed by atoms with Crippen LogP contribution < -0.4 is 0 Å². The quantitative estimate of drug-likeness (QED) is 0.177. The molecule has 0 aromatic heterocycles. The Labute approximate surface area is 145 Å². The summed E-state index contributed by atoms with van der Waals surface area (Å²) in [6, 6.07) is 0. The van der Waals surface area contributed by atoms with Crippen molar-refractivity contribution in [3.8, 4) is 0 Å². The molecular formula is C21H40O2. The minimum Gasteiger partial charge on any atom is -0.466 e. The lowest BCUT2D eigenvalue weighted by molar-refractivity contribution is -0.134. The Hall–Kier alpha value is -0.790. The van der Waals surface area contributed by atoms with Crippen LogP contribution in [0.25, 0.3) is 0 Å². The van der Waals surface area contributed by atoms with E-state index in [4.69, 9.17) is 0 Å². The first kappa shape index (κ1) is 22.2. The molecule has 0 rings (SSSR count). The Morgan fingerprint density at radius 1 is 0.783 bits per heavy atom. The highest BCUT2D eigenvalue weighted by molar-refractivity contribution is 5.81. The lowest BCUT2D eigenvalue weighted by Crippen LogP contribution is -1.93. The molecule has 0 atom stereocenters. The Morgan fingerprint density at radius 2 is 1.22 bits per heavy atom. The van der Waals surface area contributed by atoms with Crippen LogP contribution in [0, 0.1) is 5.92 Å². The normalized spacial score (nSPS) is 11.5. The first-order valence-electron chi connectivity index (χ1n) is 9.91. The van der Waals surface area contributed by atoms with Crippen molar-refractivity contribution >= 4 is 5.97 Å². The third-order valence-electron chi connectivity index (χ3n) is 4.36. The van der Waals surface area contributed by atoms with Crippen LogP contribution in [0.2, 0.25) is 0 Å². The van der Waals surface area contributed by atoms with Crippen molar-refractivity contribution in [1.29, 1.82) is 0 Å². The molecule has 0 aliphatic heterocycles. The third-order valence-corrected chi connectivity index (χ3v) is 4.36. The van der Waals surface area contributed by atoms with E-state index in [9.17, 15) is 4.79 Å². The zero-order valence-corrected chi connectivity index (χ0v) is 15.9. The lowest BCUT2D eigenvalue weighted by atomic mass is 10.0. The van der Waals surface area contributed by atoms with Gasteiger partial charge in [-0.15, -0.1) is 0 Å². The minimum absolute atomic E-state index is 0.245. The van der Waals surface area contributed by atoms with E-state index in [1.165, 1.54) is 96.7 Å². The predicted octanol–water partition coefficient (Wildman–Crippen LogP) is 6.83. The smallest absolute Gasteiger partial charge is 0.330 e. The zero-order chi connectivity index (χ0) is 17.2. The predicted molar refractivity (Wildman–Crippen MR) is 101 cm³/mol. The molecule has 0 saturated carbocycles. The SMILES string of the molecule is COC(=O)C=CCCCCCCCCCCCCCCC(C)C. The zero-order valence-electron chi connectivity index (χ0n) is 15.9. The van der Waals surface area contributed by atoms with Crippen molar-refractivity contribution in [3.63, 3.8) is 0 Å². The fourth-order valence-electron chi connectivity index (χ4n) is 2.83. The monoisotopic (exact) mass is 324 g/mol. The van der Waals surface area contributed by atoms with Crippen LogP contribution in [-0.4, -0.2) is 13.1 Å². The van der Waals surface area contributed by atoms with Crippen LogP contribution in [-0.2, 0) is 9.53 Å². The van der Waals surface area contributed by atoms with Gasteiger partial charge < -0.3 is 4.74 Å².